The Bertz CT molecular complexity index is 777. The zero-order valence-corrected chi connectivity index (χ0v) is 11.3. The molecule has 3 rings (SSSR count). The predicted molar refractivity (Wildman–Crippen MR) is 75.1 cm³/mol. The summed E-state index contributed by atoms with van der Waals surface area (Å²) >= 11 is 5.66. The minimum Gasteiger partial charge on any atom is -0.396 e. The molecule has 2 N–H and O–H groups in total. The van der Waals surface area contributed by atoms with Crippen LogP contribution in [0.5, 0.6) is 0 Å². The predicted octanol–water partition coefficient (Wildman–Crippen LogP) is 2.65. The first kappa shape index (κ1) is 12.7. The Balaban J connectivity index is 2.06. The first-order valence-corrected chi connectivity index (χ1v) is 6.22. The van der Waals surface area contributed by atoms with Crippen LogP contribution in [-0.4, -0.2) is 19.6 Å². The van der Waals surface area contributed by atoms with Gasteiger partial charge in [-0.25, -0.2) is 9.07 Å². The Morgan fingerprint density at radius 1 is 1.30 bits per heavy atom. The summed E-state index contributed by atoms with van der Waals surface area (Å²) in [4.78, 5) is 0. The number of aromatic nitrogens is 4. The third-order valence-electron chi connectivity index (χ3n) is 2.89. The lowest BCUT2D eigenvalue weighted by Gasteiger charge is -2.01. The molecule has 0 saturated heterocycles. The highest BCUT2D eigenvalue weighted by molar-refractivity contribution is 6.30. The van der Waals surface area contributed by atoms with Gasteiger partial charge in [0.1, 0.15) is 11.5 Å². The zero-order chi connectivity index (χ0) is 14.3. The molecule has 0 aliphatic rings. The van der Waals surface area contributed by atoms with Crippen molar-refractivity contribution in [2.45, 2.75) is 0 Å². The Kier molecular flexibility index (Phi) is 2.94. The fourth-order valence-corrected chi connectivity index (χ4v) is 2.03. The highest BCUT2D eigenvalue weighted by atomic mass is 35.5. The molecule has 7 heteroatoms. The number of anilines is 1. The van der Waals surface area contributed by atoms with Crippen LogP contribution in [-0.2, 0) is 7.05 Å². The number of nitrogens with zero attached hydrogens (tertiary/aromatic N) is 4. The molecule has 2 heterocycles. The van der Waals surface area contributed by atoms with Gasteiger partial charge in [-0.15, -0.1) is 0 Å². The molecule has 0 amide bonds. The molecule has 2 aromatic heterocycles. The summed E-state index contributed by atoms with van der Waals surface area (Å²) in [6, 6.07) is 4.46. The monoisotopic (exact) mass is 291 g/mol. The molecule has 0 fully saturated rings. The van der Waals surface area contributed by atoms with Gasteiger partial charge in [-0.1, -0.05) is 11.6 Å². The maximum absolute atomic E-state index is 13.5. The van der Waals surface area contributed by atoms with E-state index in [9.17, 15) is 4.39 Å². The molecule has 3 aromatic rings. The van der Waals surface area contributed by atoms with Crippen LogP contribution in [0.2, 0.25) is 5.02 Å². The molecule has 0 radical (unpaired) electrons. The van der Waals surface area contributed by atoms with E-state index >= 15 is 0 Å². The molecule has 0 unspecified atom stereocenters. The molecule has 0 aliphatic carbocycles. The standard InChI is InChI=1S/C13H11ClFN5/c1-19-6-8(5-17-19)13-12(16)7-20(18-13)9-2-3-10(14)11(15)4-9/h2-7H,16H2,1H3. The third kappa shape index (κ3) is 2.14. The van der Waals surface area contributed by atoms with Crippen LogP contribution in [0.15, 0.2) is 36.8 Å². The van der Waals surface area contributed by atoms with E-state index in [1.54, 1.807) is 23.1 Å². The van der Waals surface area contributed by atoms with Crippen LogP contribution < -0.4 is 5.73 Å². The third-order valence-corrected chi connectivity index (χ3v) is 3.20. The maximum Gasteiger partial charge on any atom is 0.143 e. The van der Waals surface area contributed by atoms with Gasteiger partial charge in [-0.05, 0) is 12.1 Å². The summed E-state index contributed by atoms with van der Waals surface area (Å²) in [5, 5.41) is 8.51. The van der Waals surface area contributed by atoms with Crippen molar-refractivity contribution in [2.75, 3.05) is 5.73 Å². The lowest BCUT2D eigenvalue weighted by atomic mass is 10.2. The quantitative estimate of drug-likeness (QED) is 0.789. The van der Waals surface area contributed by atoms with Gasteiger partial charge in [0.15, 0.2) is 0 Å². The van der Waals surface area contributed by atoms with Gasteiger partial charge in [0.2, 0.25) is 0 Å². The minimum atomic E-state index is -0.499. The highest BCUT2D eigenvalue weighted by Crippen LogP contribution is 2.25. The van der Waals surface area contributed by atoms with Gasteiger partial charge in [-0.3, -0.25) is 4.68 Å². The molecule has 0 saturated carbocycles. The van der Waals surface area contributed by atoms with E-state index in [2.05, 4.69) is 10.2 Å². The Hall–Kier alpha value is -2.34. The molecule has 0 bridgehead atoms. The molecule has 20 heavy (non-hydrogen) atoms. The summed E-state index contributed by atoms with van der Waals surface area (Å²) in [6.07, 6.45) is 5.11. The molecular weight excluding hydrogens is 281 g/mol. The van der Waals surface area contributed by atoms with Crippen molar-refractivity contribution in [3.8, 4) is 16.9 Å². The van der Waals surface area contributed by atoms with Crippen molar-refractivity contribution in [3.05, 3.63) is 47.6 Å². The molecule has 0 aliphatic heterocycles. The van der Waals surface area contributed by atoms with E-state index in [1.807, 2.05) is 13.2 Å². The van der Waals surface area contributed by atoms with Gasteiger partial charge in [0, 0.05) is 24.9 Å². The van der Waals surface area contributed by atoms with E-state index in [-0.39, 0.29) is 5.02 Å². The number of halogens is 2. The van der Waals surface area contributed by atoms with E-state index in [1.165, 1.54) is 16.8 Å². The molecule has 1 aromatic carbocycles. The van der Waals surface area contributed by atoms with Gasteiger partial charge in [0.05, 0.1) is 28.8 Å². The van der Waals surface area contributed by atoms with Gasteiger partial charge >= 0.3 is 0 Å². The van der Waals surface area contributed by atoms with Gasteiger partial charge in [0.25, 0.3) is 0 Å². The summed E-state index contributed by atoms with van der Waals surface area (Å²) in [5.41, 5.74) is 8.40. The average molecular weight is 292 g/mol. The van der Waals surface area contributed by atoms with Crippen molar-refractivity contribution in [1.82, 2.24) is 19.6 Å². The Morgan fingerprint density at radius 2 is 2.10 bits per heavy atom. The van der Waals surface area contributed by atoms with E-state index < -0.39 is 5.82 Å². The first-order chi connectivity index (χ1) is 9.54. The van der Waals surface area contributed by atoms with Crippen LogP contribution >= 0.6 is 11.6 Å². The van der Waals surface area contributed by atoms with Gasteiger partial charge < -0.3 is 5.73 Å². The average Bonchev–Trinajstić information content (AvgIpc) is 2.99. The second-order valence-corrected chi connectivity index (χ2v) is 4.79. The maximum atomic E-state index is 13.5. The summed E-state index contributed by atoms with van der Waals surface area (Å²) < 4.78 is 16.7. The van der Waals surface area contributed by atoms with Crippen molar-refractivity contribution in [3.63, 3.8) is 0 Å². The van der Waals surface area contributed by atoms with Crippen molar-refractivity contribution < 1.29 is 4.39 Å². The number of nitrogen functional groups attached to an aromatic ring is 1. The molecule has 0 spiro atoms. The Labute approximate surface area is 119 Å². The lowest BCUT2D eigenvalue weighted by molar-refractivity contribution is 0.626. The fraction of sp³-hybridized carbons (Fsp3) is 0.0769. The number of hydrogen-bond acceptors (Lipinski definition) is 3. The van der Waals surface area contributed by atoms with E-state index in [0.717, 1.165) is 5.56 Å². The van der Waals surface area contributed by atoms with Crippen molar-refractivity contribution >= 4 is 17.3 Å². The second-order valence-electron chi connectivity index (χ2n) is 4.38. The highest BCUT2D eigenvalue weighted by Gasteiger charge is 2.12. The van der Waals surface area contributed by atoms with E-state index in [0.29, 0.717) is 17.1 Å². The van der Waals surface area contributed by atoms with Crippen LogP contribution in [0, 0.1) is 5.82 Å². The summed E-state index contributed by atoms with van der Waals surface area (Å²) in [7, 11) is 1.81. The van der Waals surface area contributed by atoms with Crippen LogP contribution in [0.25, 0.3) is 16.9 Å². The number of benzene rings is 1. The normalized spacial score (nSPS) is 10.9. The molecule has 0 atom stereocenters. The summed E-state index contributed by atoms with van der Waals surface area (Å²) in [5.74, 6) is -0.499. The smallest absolute Gasteiger partial charge is 0.143 e. The second kappa shape index (κ2) is 4.64. The molecular formula is C13H11ClFN5. The zero-order valence-electron chi connectivity index (χ0n) is 10.6. The van der Waals surface area contributed by atoms with E-state index in [4.69, 9.17) is 17.3 Å². The molecule has 5 nitrogen and oxygen atoms in total. The van der Waals surface area contributed by atoms with Crippen LogP contribution in [0.4, 0.5) is 10.1 Å². The number of aryl methyl sites for hydroxylation is 1. The SMILES string of the molecule is Cn1cc(-c2nn(-c3ccc(Cl)c(F)c3)cc2N)cn1. The lowest BCUT2D eigenvalue weighted by Crippen LogP contribution is -1.95. The van der Waals surface area contributed by atoms with Crippen LogP contribution in [0.1, 0.15) is 0 Å². The summed E-state index contributed by atoms with van der Waals surface area (Å²) in [6.45, 7) is 0. The van der Waals surface area contributed by atoms with Crippen molar-refractivity contribution in [2.24, 2.45) is 7.05 Å². The number of hydrogen-bond donors (Lipinski definition) is 1. The fourth-order valence-electron chi connectivity index (χ4n) is 1.91. The number of rotatable bonds is 2. The Morgan fingerprint density at radius 3 is 2.75 bits per heavy atom. The van der Waals surface area contributed by atoms with Crippen molar-refractivity contribution in [1.29, 1.82) is 0 Å². The topological polar surface area (TPSA) is 61.7 Å². The molecule has 102 valence electrons. The minimum absolute atomic E-state index is 0.0707. The number of nitrogens with two attached hydrogens (primary N) is 1. The largest absolute Gasteiger partial charge is 0.396 e. The first-order valence-electron chi connectivity index (χ1n) is 5.84. The van der Waals surface area contributed by atoms with Gasteiger partial charge in [-0.2, -0.15) is 10.2 Å². The van der Waals surface area contributed by atoms with Crippen LogP contribution in [0.3, 0.4) is 0 Å².